The number of ether oxygens (including phenoxy) is 1. The average molecular weight is 269 g/mol. The van der Waals surface area contributed by atoms with E-state index >= 15 is 0 Å². The number of nitrogens with one attached hydrogen (secondary N) is 1. The van der Waals surface area contributed by atoms with Gasteiger partial charge in [0.2, 0.25) is 0 Å². The second kappa shape index (κ2) is 5.59. The monoisotopic (exact) mass is 269 g/mol. The second-order valence-corrected chi connectivity index (χ2v) is 6.12. The molecular formula is C12H19N3O2S. The third-order valence-corrected chi connectivity index (χ3v) is 4.65. The molecule has 0 spiro atoms. The molecule has 0 radical (unpaired) electrons. The highest BCUT2D eigenvalue weighted by molar-refractivity contribution is 7.99. The van der Waals surface area contributed by atoms with Crippen molar-refractivity contribution in [2.24, 2.45) is 0 Å². The van der Waals surface area contributed by atoms with Crippen molar-refractivity contribution in [2.75, 3.05) is 18.1 Å². The SMILES string of the molecule is Cc1noc([C@@H]2CC[C@H](CN[C@@H]3CCSC3)O2)n1. The smallest absolute Gasteiger partial charge is 0.255 e. The summed E-state index contributed by atoms with van der Waals surface area (Å²) < 4.78 is 11.1. The van der Waals surface area contributed by atoms with Crippen LogP contribution in [0.25, 0.3) is 0 Å². The molecule has 5 nitrogen and oxygen atoms in total. The maximum absolute atomic E-state index is 5.96. The van der Waals surface area contributed by atoms with Crippen LogP contribution in [0.3, 0.4) is 0 Å². The van der Waals surface area contributed by atoms with Crippen molar-refractivity contribution in [2.45, 2.75) is 44.4 Å². The first-order valence-electron chi connectivity index (χ1n) is 6.58. The van der Waals surface area contributed by atoms with Crippen LogP contribution in [0.1, 0.15) is 37.1 Å². The standard InChI is InChI=1S/C12H19N3O2S/c1-8-14-12(17-15-8)11-3-2-10(16-11)6-13-9-4-5-18-7-9/h9-11,13H,2-7H2,1H3/t9-,10-,11+/m1/s1. The first-order chi connectivity index (χ1) is 8.81. The molecule has 100 valence electrons. The van der Waals surface area contributed by atoms with Gasteiger partial charge in [-0.05, 0) is 31.9 Å². The minimum atomic E-state index is -0.00375. The fraction of sp³-hybridized carbons (Fsp3) is 0.833. The van der Waals surface area contributed by atoms with Gasteiger partial charge < -0.3 is 14.6 Å². The van der Waals surface area contributed by atoms with E-state index in [-0.39, 0.29) is 12.2 Å². The molecule has 0 saturated carbocycles. The molecule has 18 heavy (non-hydrogen) atoms. The van der Waals surface area contributed by atoms with Gasteiger partial charge in [0.25, 0.3) is 5.89 Å². The Morgan fingerprint density at radius 3 is 3.06 bits per heavy atom. The van der Waals surface area contributed by atoms with E-state index in [9.17, 15) is 0 Å². The molecule has 3 rings (SSSR count). The molecule has 0 aliphatic carbocycles. The van der Waals surface area contributed by atoms with Crippen molar-refractivity contribution in [3.05, 3.63) is 11.7 Å². The van der Waals surface area contributed by atoms with Gasteiger partial charge in [-0.1, -0.05) is 5.16 Å². The zero-order valence-corrected chi connectivity index (χ0v) is 11.4. The topological polar surface area (TPSA) is 60.2 Å². The van der Waals surface area contributed by atoms with Gasteiger partial charge in [0, 0.05) is 18.3 Å². The zero-order chi connectivity index (χ0) is 12.4. The van der Waals surface area contributed by atoms with Crippen LogP contribution in [0.5, 0.6) is 0 Å². The van der Waals surface area contributed by atoms with Gasteiger partial charge in [0.15, 0.2) is 5.82 Å². The largest absolute Gasteiger partial charge is 0.364 e. The summed E-state index contributed by atoms with van der Waals surface area (Å²) in [5.74, 6) is 3.83. The van der Waals surface area contributed by atoms with Crippen molar-refractivity contribution >= 4 is 11.8 Å². The van der Waals surface area contributed by atoms with Gasteiger partial charge in [-0.2, -0.15) is 16.7 Å². The Kier molecular flexibility index (Phi) is 3.86. The lowest BCUT2D eigenvalue weighted by Gasteiger charge is -2.16. The van der Waals surface area contributed by atoms with Crippen molar-refractivity contribution < 1.29 is 9.26 Å². The maximum Gasteiger partial charge on any atom is 0.255 e. The van der Waals surface area contributed by atoms with Gasteiger partial charge in [0.05, 0.1) is 6.10 Å². The molecule has 0 aromatic carbocycles. The van der Waals surface area contributed by atoms with Gasteiger partial charge in [0.1, 0.15) is 6.10 Å². The van der Waals surface area contributed by atoms with Crippen LogP contribution < -0.4 is 5.32 Å². The maximum atomic E-state index is 5.96. The van der Waals surface area contributed by atoms with Gasteiger partial charge >= 0.3 is 0 Å². The van der Waals surface area contributed by atoms with E-state index < -0.39 is 0 Å². The number of aromatic nitrogens is 2. The number of rotatable bonds is 4. The number of hydrogen-bond acceptors (Lipinski definition) is 6. The Morgan fingerprint density at radius 2 is 2.33 bits per heavy atom. The van der Waals surface area contributed by atoms with Crippen molar-refractivity contribution in [3.8, 4) is 0 Å². The molecule has 2 fully saturated rings. The number of aryl methyl sites for hydroxylation is 1. The molecule has 1 aromatic rings. The highest BCUT2D eigenvalue weighted by atomic mass is 32.2. The first-order valence-corrected chi connectivity index (χ1v) is 7.73. The molecule has 2 saturated heterocycles. The number of hydrogen-bond donors (Lipinski definition) is 1. The van der Waals surface area contributed by atoms with E-state index in [4.69, 9.17) is 9.26 Å². The first kappa shape index (κ1) is 12.4. The quantitative estimate of drug-likeness (QED) is 0.897. The number of thioether (sulfide) groups is 1. The van der Waals surface area contributed by atoms with E-state index in [2.05, 4.69) is 15.5 Å². The van der Waals surface area contributed by atoms with Crippen molar-refractivity contribution in [3.63, 3.8) is 0 Å². The van der Waals surface area contributed by atoms with E-state index in [0.717, 1.165) is 19.4 Å². The lowest BCUT2D eigenvalue weighted by atomic mass is 10.2. The van der Waals surface area contributed by atoms with Crippen LogP contribution in [0.4, 0.5) is 0 Å². The summed E-state index contributed by atoms with van der Waals surface area (Å²) in [5, 5.41) is 7.40. The Hall–Kier alpha value is -0.590. The second-order valence-electron chi connectivity index (χ2n) is 4.97. The molecule has 1 aromatic heterocycles. The Bertz CT molecular complexity index is 392. The van der Waals surface area contributed by atoms with Gasteiger partial charge in [-0.25, -0.2) is 0 Å². The van der Waals surface area contributed by atoms with Crippen molar-refractivity contribution in [1.82, 2.24) is 15.5 Å². The fourth-order valence-corrected chi connectivity index (χ4v) is 3.66. The average Bonchev–Trinajstić information content (AvgIpc) is 3.07. The summed E-state index contributed by atoms with van der Waals surface area (Å²) in [6.07, 6.45) is 3.61. The predicted octanol–water partition coefficient (Wildman–Crippen LogP) is 1.69. The molecule has 0 unspecified atom stereocenters. The molecule has 2 aliphatic heterocycles. The molecule has 0 amide bonds. The van der Waals surface area contributed by atoms with Gasteiger partial charge in [-0.15, -0.1) is 0 Å². The predicted molar refractivity (Wildman–Crippen MR) is 69.6 cm³/mol. The summed E-state index contributed by atoms with van der Waals surface area (Å²) >= 11 is 2.03. The lowest BCUT2D eigenvalue weighted by molar-refractivity contribution is 0.0256. The van der Waals surface area contributed by atoms with Crippen LogP contribution in [-0.4, -0.2) is 40.3 Å². The van der Waals surface area contributed by atoms with Crippen LogP contribution in [0.15, 0.2) is 4.52 Å². The summed E-state index contributed by atoms with van der Waals surface area (Å²) in [6, 6.07) is 0.670. The third kappa shape index (κ3) is 2.87. The minimum Gasteiger partial charge on any atom is -0.364 e. The molecule has 2 aliphatic rings. The minimum absolute atomic E-state index is 0.00375. The highest BCUT2D eigenvalue weighted by Crippen LogP contribution is 2.31. The Morgan fingerprint density at radius 1 is 1.39 bits per heavy atom. The van der Waals surface area contributed by atoms with Gasteiger partial charge in [-0.3, -0.25) is 0 Å². The normalized spacial score (nSPS) is 32.2. The number of nitrogens with zero attached hydrogens (tertiary/aromatic N) is 2. The highest BCUT2D eigenvalue weighted by Gasteiger charge is 2.30. The summed E-state index contributed by atoms with van der Waals surface area (Å²) in [4.78, 5) is 4.24. The zero-order valence-electron chi connectivity index (χ0n) is 10.6. The van der Waals surface area contributed by atoms with Crippen LogP contribution in [0, 0.1) is 6.92 Å². The van der Waals surface area contributed by atoms with Crippen molar-refractivity contribution in [1.29, 1.82) is 0 Å². The molecule has 0 bridgehead atoms. The summed E-state index contributed by atoms with van der Waals surface area (Å²) in [6.45, 7) is 2.77. The Labute approximate surface area is 111 Å². The summed E-state index contributed by atoms with van der Waals surface area (Å²) in [7, 11) is 0. The van der Waals surface area contributed by atoms with E-state index in [1.165, 1.54) is 17.9 Å². The van der Waals surface area contributed by atoms with E-state index in [1.807, 2.05) is 18.7 Å². The molecule has 6 heteroatoms. The lowest BCUT2D eigenvalue weighted by Crippen LogP contribution is -2.35. The molecule has 1 N–H and O–H groups in total. The summed E-state index contributed by atoms with van der Waals surface area (Å²) in [5.41, 5.74) is 0. The Balaban J connectivity index is 1.46. The molecular weight excluding hydrogens is 250 g/mol. The molecule has 3 atom stereocenters. The van der Waals surface area contributed by atoms with Crippen LogP contribution in [0.2, 0.25) is 0 Å². The van der Waals surface area contributed by atoms with E-state index in [0.29, 0.717) is 17.8 Å². The fourth-order valence-electron chi connectivity index (χ4n) is 2.48. The van der Waals surface area contributed by atoms with Crippen LogP contribution >= 0.6 is 11.8 Å². The van der Waals surface area contributed by atoms with Crippen LogP contribution in [-0.2, 0) is 4.74 Å². The van der Waals surface area contributed by atoms with E-state index in [1.54, 1.807) is 0 Å². The molecule has 3 heterocycles. The third-order valence-electron chi connectivity index (χ3n) is 3.49.